The maximum atomic E-state index is 12.2. The lowest BCUT2D eigenvalue weighted by molar-refractivity contribution is -0.136. The Labute approximate surface area is 120 Å². The Morgan fingerprint density at radius 2 is 2.05 bits per heavy atom. The van der Waals surface area contributed by atoms with E-state index in [1.165, 1.54) is 6.42 Å². The lowest BCUT2D eigenvalue weighted by Gasteiger charge is -2.37. The van der Waals surface area contributed by atoms with Crippen molar-refractivity contribution in [2.75, 3.05) is 19.7 Å². The van der Waals surface area contributed by atoms with Crippen molar-refractivity contribution in [3.63, 3.8) is 0 Å². The molecular weight excluding hydrogens is 252 g/mol. The predicted octanol–water partition coefficient (Wildman–Crippen LogP) is 2.17. The molecule has 0 saturated carbocycles. The van der Waals surface area contributed by atoms with Crippen LogP contribution < -0.4 is 10.5 Å². The van der Waals surface area contributed by atoms with Crippen molar-refractivity contribution in [1.82, 2.24) is 4.90 Å². The zero-order chi connectivity index (χ0) is 14.6. The van der Waals surface area contributed by atoms with Gasteiger partial charge in [-0.15, -0.1) is 0 Å². The Hall–Kier alpha value is -1.55. The Morgan fingerprint density at radius 1 is 1.35 bits per heavy atom. The van der Waals surface area contributed by atoms with Crippen molar-refractivity contribution < 1.29 is 9.53 Å². The van der Waals surface area contributed by atoms with Gasteiger partial charge in [-0.05, 0) is 36.0 Å². The molecule has 1 aliphatic heterocycles. The van der Waals surface area contributed by atoms with E-state index in [0.717, 1.165) is 25.1 Å². The minimum Gasteiger partial charge on any atom is -0.484 e. The summed E-state index contributed by atoms with van der Waals surface area (Å²) in [6, 6.07) is 7.55. The standard InChI is InChI=1S/C16H24N2O2/c1-16(2)8-3-9-18(12-16)15(19)11-20-14-6-4-13(10-17)5-7-14/h4-7H,3,8-12,17H2,1-2H3. The van der Waals surface area contributed by atoms with Gasteiger partial charge in [-0.2, -0.15) is 0 Å². The number of piperidine rings is 1. The first-order chi connectivity index (χ1) is 9.50. The van der Waals surface area contributed by atoms with Gasteiger partial charge in [0.05, 0.1) is 0 Å². The first kappa shape index (κ1) is 14.9. The van der Waals surface area contributed by atoms with E-state index in [1.54, 1.807) is 0 Å². The summed E-state index contributed by atoms with van der Waals surface area (Å²) in [5, 5.41) is 0. The molecule has 0 atom stereocenters. The molecule has 2 rings (SSSR count). The van der Waals surface area contributed by atoms with Crippen LogP contribution in [0.15, 0.2) is 24.3 Å². The van der Waals surface area contributed by atoms with Crippen LogP contribution in [0.4, 0.5) is 0 Å². The highest BCUT2D eigenvalue weighted by Gasteiger charge is 2.29. The van der Waals surface area contributed by atoms with E-state index in [1.807, 2.05) is 29.2 Å². The Morgan fingerprint density at radius 3 is 2.65 bits per heavy atom. The molecule has 4 nitrogen and oxygen atoms in total. The van der Waals surface area contributed by atoms with Crippen LogP contribution in [0.25, 0.3) is 0 Å². The summed E-state index contributed by atoms with van der Waals surface area (Å²) in [7, 11) is 0. The normalized spacial score (nSPS) is 17.9. The van der Waals surface area contributed by atoms with Crippen molar-refractivity contribution in [3.8, 4) is 5.75 Å². The molecule has 0 bridgehead atoms. The van der Waals surface area contributed by atoms with Crippen molar-refractivity contribution in [1.29, 1.82) is 0 Å². The largest absolute Gasteiger partial charge is 0.484 e. The third-order valence-electron chi connectivity index (χ3n) is 3.77. The maximum absolute atomic E-state index is 12.2. The highest BCUT2D eigenvalue weighted by molar-refractivity contribution is 5.77. The van der Waals surface area contributed by atoms with Gasteiger partial charge in [0.1, 0.15) is 5.75 Å². The summed E-state index contributed by atoms with van der Waals surface area (Å²) < 4.78 is 5.56. The number of ether oxygens (including phenoxy) is 1. The molecular formula is C16H24N2O2. The van der Waals surface area contributed by atoms with Gasteiger partial charge in [-0.3, -0.25) is 4.79 Å². The van der Waals surface area contributed by atoms with Gasteiger partial charge in [0.25, 0.3) is 5.91 Å². The molecule has 0 aromatic heterocycles. The number of carbonyl (C=O) groups excluding carboxylic acids is 1. The molecule has 1 aromatic carbocycles. The maximum Gasteiger partial charge on any atom is 0.260 e. The van der Waals surface area contributed by atoms with E-state index in [0.29, 0.717) is 12.3 Å². The molecule has 1 saturated heterocycles. The minimum atomic E-state index is 0.0701. The van der Waals surface area contributed by atoms with Crippen LogP contribution in [-0.4, -0.2) is 30.5 Å². The van der Waals surface area contributed by atoms with Crippen molar-refractivity contribution in [2.45, 2.75) is 33.2 Å². The van der Waals surface area contributed by atoms with Gasteiger partial charge < -0.3 is 15.4 Å². The predicted molar refractivity (Wildman–Crippen MR) is 79.4 cm³/mol. The fourth-order valence-corrected chi connectivity index (χ4v) is 2.59. The molecule has 1 aromatic rings. The Balaban J connectivity index is 1.85. The summed E-state index contributed by atoms with van der Waals surface area (Å²) in [4.78, 5) is 14.1. The molecule has 0 radical (unpaired) electrons. The number of likely N-dealkylation sites (tertiary alicyclic amines) is 1. The summed E-state index contributed by atoms with van der Waals surface area (Å²) in [5.74, 6) is 0.785. The average Bonchev–Trinajstić information content (AvgIpc) is 2.44. The monoisotopic (exact) mass is 276 g/mol. The lowest BCUT2D eigenvalue weighted by atomic mass is 9.84. The fraction of sp³-hybridized carbons (Fsp3) is 0.562. The highest BCUT2D eigenvalue weighted by Crippen LogP contribution is 2.28. The van der Waals surface area contributed by atoms with Gasteiger partial charge >= 0.3 is 0 Å². The summed E-state index contributed by atoms with van der Waals surface area (Å²) in [6.07, 6.45) is 2.25. The van der Waals surface area contributed by atoms with Crippen LogP contribution in [0.3, 0.4) is 0 Å². The van der Waals surface area contributed by atoms with E-state index < -0.39 is 0 Å². The number of hydrogen-bond acceptors (Lipinski definition) is 3. The quantitative estimate of drug-likeness (QED) is 0.917. The summed E-state index contributed by atoms with van der Waals surface area (Å²) >= 11 is 0. The number of carbonyl (C=O) groups is 1. The number of amides is 1. The first-order valence-electron chi connectivity index (χ1n) is 7.20. The molecule has 0 aliphatic carbocycles. The molecule has 1 fully saturated rings. The topological polar surface area (TPSA) is 55.6 Å². The van der Waals surface area contributed by atoms with Crippen molar-refractivity contribution in [2.24, 2.45) is 11.1 Å². The zero-order valence-corrected chi connectivity index (χ0v) is 12.4. The minimum absolute atomic E-state index is 0.0701. The average molecular weight is 276 g/mol. The number of benzene rings is 1. The fourth-order valence-electron chi connectivity index (χ4n) is 2.59. The smallest absolute Gasteiger partial charge is 0.260 e. The van der Waals surface area contributed by atoms with E-state index in [4.69, 9.17) is 10.5 Å². The van der Waals surface area contributed by atoms with Crippen LogP contribution >= 0.6 is 0 Å². The van der Waals surface area contributed by atoms with Crippen LogP contribution in [0.1, 0.15) is 32.3 Å². The summed E-state index contributed by atoms with van der Waals surface area (Å²) in [5.41, 5.74) is 6.82. The van der Waals surface area contributed by atoms with Crippen LogP contribution in [0.2, 0.25) is 0 Å². The Bertz CT molecular complexity index is 454. The zero-order valence-electron chi connectivity index (χ0n) is 12.4. The molecule has 1 amide bonds. The number of rotatable bonds is 4. The number of hydrogen-bond donors (Lipinski definition) is 1. The number of nitrogens with zero attached hydrogens (tertiary/aromatic N) is 1. The molecule has 4 heteroatoms. The SMILES string of the molecule is CC1(C)CCCN(C(=O)COc2ccc(CN)cc2)C1. The molecule has 1 aliphatic rings. The van der Waals surface area contributed by atoms with Crippen LogP contribution in [0, 0.1) is 5.41 Å². The first-order valence-corrected chi connectivity index (χ1v) is 7.20. The second-order valence-corrected chi connectivity index (χ2v) is 6.22. The van der Waals surface area contributed by atoms with Crippen molar-refractivity contribution in [3.05, 3.63) is 29.8 Å². The van der Waals surface area contributed by atoms with E-state index in [2.05, 4.69) is 13.8 Å². The van der Waals surface area contributed by atoms with Gasteiger partial charge in [-0.1, -0.05) is 26.0 Å². The van der Waals surface area contributed by atoms with Crippen LogP contribution in [-0.2, 0) is 11.3 Å². The van der Waals surface area contributed by atoms with E-state index >= 15 is 0 Å². The van der Waals surface area contributed by atoms with E-state index in [-0.39, 0.29) is 17.9 Å². The molecule has 0 spiro atoms. The molecule has 110 valence electrons. The van der Waals surface area contributed by atoms with E-state index in [9.17, 15) is 4.79 Å². The van der Waals surface area contributed by atoms with Gasteiger partial charge in [0.15, 0.2) is 6.61 Å². The lowest BCUT2D eigenvalue weighted by Crippen LogP contribution is -2.45. The number of nitrogens with two attached hydrogens (primary N) is 1. The second kappa shape index (κ2) is 6.27. The third-order valence-corrected chi connectivity index (χ3v) is 3.77. The van der Waals surface area contributed by atoms with Gasteiger partial charge in [0.2, 0.25) is 0 Å². The van der Waals surface area contributed by atoms with Crippen molar-refractivity contribution >= 4 is 5.91 Å². The molecule has 2 N–H and O–H groups in total. The molecule has 1 heterocycles. The Kier molecular flexibility index (Phi) is 4.65. The third kappa shape index (κ3) is 3.97. The van der Waals surface area contributed by atoms with Crippen LogP contribution in [0.5, 0.6) is 5.75 Å². The second-order valence-electron chi connectivity index (χ2n) is 6.22. The van der Waals surface area contributed by atoms with Gasteiger partial charge in [0, 0.05) is 19.6 Å². The molecule has 0 unspecified atom stereocenters. The highest BCUT2D eigenvalue weighted by atomic mass is 16.5. The molecule has 20 heavy (non-hydrogen) atoms. The summed E-state index contributed by atoms with van der Waals surface area (Å²) in [6.45, 7) is 6.71. The van der Waals surface area contributed by atoms with Gasteiger partial charge in [-0.25, -0.2) is 0 Å².